The molecule has 4 nitrogen and oxygen atoms in total. The zero-order valence-electron chi connectivity index (χ0n) is 10.8. The van der Waals surface area contributed by atoms with Gasteiger partial charge in [-0.25, -0.2) is 0 Å². The Morgan fingerprint density at radius 2 is 2.21 bits per heavy atom. The van der Waals surface area contributed by atoms with Crippen molar-refractivity contribution < 1.29 is 9.53 Å². The minimum atomic E-state index is -0.0827. The Bertz CT molecular complexity index is 373. The standard InChI is InChI=1S/C14H20N2O2.CH4/c1-18-14(17)9-12-4-7-16(8-5-12)11-13-3-2-6-15-10-13;/h2-3,6,10,12H,4-5,7-9,11H2,1H3;1H4. The van der Waals surface area contributed by atoms with Gasteiger partial charge in [-0.3, -0.25) is 14.7 Å². The first kappa shape index (κ1) is 15.6. The molecule has 2 heterocycles. The number of ether oxygens (including phenoxy) is 1. The number of aromatic nitrogens is 1. The highest BCUT2D eigenvalue weighted by Gasteiger charge is 2.21. The second-order valence-electron chi connectivity index (χ2n) is 4.86. The Morgan fingerprint density at radius 1 is 1.47 bits per heavy atom. The number of hydrogen-bond acceptors (Lipinski definition) is 4. The van der Waals surface area contributed by atoms with Crippen LogP contribution in [-0.2, 0) is 16.1 Å². The monoisotopic (exact) mass is 264 g/mol. The van der Waals surface area contributed by atoms with Gasteiger partial charge in [0.2, 0.25) is 0 Å². The summed E-state index contributed by atoms with van der Waals surface area (Å²) >= 11 is 0. The molecule has 0 aliphatic carbocycles. The molecule has 0 unspecified atom stereocenters. The number of nitrogens with zero attached hydrogens (tertiary/aromatic N) is 2. The number of rotatable bonds is 4. The molecule has 0 spiro atoms. The number of hydrogen-bond donors (Lipinski definition) is 0. The van der Waals surface area contributed by atoms with Crippen molar-refractivity contribution in [2.75, 3.05) is 20.2 Å². The third kappa shape index (κ3) is 4.99. The van der Waals surface area contributed by atoms with Gasteiger partial charge in [-0.1, -0.05) is 13.5 Å². The van der Waals surface area contributed by atoms with Gasteiger partial charge in [0.15, 0.2) is 0 Å². The summed E-state index contributed by atoms with van der Waals surface area (Å²) in [5.41, 5.74) is 1.25. The fourth-order valence-electron chi connectivity index (χ4n) is 2.42. The minimum absolute atomic E-state index is 0. The van der Waals surface area contributed by atoms with E-state index in [1.54, 1.807) is 6.20 Å². The van der Waals surface area contributed by atoms with Crippen LogP contribution in [-0.4, -0.2) is 36.1 Å². The van der Waals surface area contributed by atoms with E-state index in [2.05, 4.69) is 16.0 Å². The Balaban J connectivity index is 0.00000180. The van der Waals surface area contributed by atoms with E-state index in [1.807, 2.05) is 12.3 Å². The van der Waals surface area contributed by atoms with Crippen LogP contribution in [0.1, 0.15) is 32.3 Å². The first-order chi connectivity index (χ1) is 8.78. The maximum absolute atomic E-state index is 11.2. The average molecular weight is 264 g/mol. The molecule has 1 aromatic heterocycles. The van der Waals surface area contributed by atoms with Crippen molar-refractivity contribution in [1.29, 1.82) is 0 Å². The first-order valence-electron chi connectivity index (χ1n) is 6.46. The van der Waals surface area contributed by atoms with Gasteiger partial charge in [0.25, 0.3) is 0 Å². The topological polar surface area (TPSA) is 42.4 Å². The Hall–Kier alpha value is -1.42. The molecule has 1 aliphatic rings. The molecule has 4 heteroatoms. The molecule has 1 fully saturated rings. The van der Waals surface area contributed by atoms with E-state index in [4.69, 9.17) is 4.74 Å². The van der Waals surface area contributed by atoms with Gasteiger partial charge < -0.3 is 4.74 Å². The summed E-state index contributed by atoms with van der Waals surface area (Å²) in [7, 11) is 1.46. The van der Waals surface area contributed by atoms with Gasteiger partial charge in [0.05, 0.1) is 7.11 Å². The number of pyridine rings is 1. The lowest BCUT2D eigenvalue weighted by atomic mass is 9.93. The van der Waals surface area contributed by atoms with Crippen LogP contribution in [0.2, 0.25) is 0 Å². The van der Waals surface area contributed by atoms with Crippen LogP contribution < -0.4 is 0 Å². The molecule has 0 atom stereocenters. The van der Waals surface area contributed by atoms with Crippen LogP contribution in [0.15, 0.2) is 24.5 Å². The minimum Gasteiger partial charge on any atom is -0.469 e. The number of carbonyl (C=O) groups excluding carboxylic acids is 1. The first-order valence-corrected chi connectivity index (χ1v) is 6.46. The van der Waals surface area contributed by atoms with Crippen molar-refractivity contribution >= 4 is 5.97 Å². The van der Waals surface area contributed by atoms with Crippen molar-refractivity contribution in [3.05, 3.63) is 30.1 Å². The highest BCUT2D eigenvalue weighted by Crippen LogP contribution is 2.21. The number of esters is 1. The van der Waals surface area contributed by atoms with E-state index in [0.29, 0.717) is 12.3 Å². The van der Waals surface area contributed by atoms with Gasteiger partial charge in [-0.2, -0.15) is 0 Å². The smallest absolute Gasteiger partial charge is 0.305 e. The van der Waals surface area contributed by atoms with Gasteiger partial charge in [-0.15, -0.1) is 0 Å². The third-order valence-electron chi connectivity index (χ3n) is 3.52. The van der Waals surface area contributed by atoms with Crippen molar-refractivity contribution in [1.82, 2.24) is 9.88 Å². The molecule has 0 amide bonds. The predicted octanol–water partition coefficient (Wildman–Crippen LogP) is 2.49. The molecule has 1 aromatic rings. The normalized spacial score (nSPS) is 16.7. The lowest BCUT2D eigenvalue weighted by Crippen LogP contribution is -2.34. The van der Waals surface area contributed by atoms with Gasteiger partial charge in [0.1, 0.15) is 0 Å². The van der Waals surface area contributed by atoms with E-state index >= 15 is 0 Å². The van der Waals surface area contributed by atoms with Crippen molar-refractivity contribution in [2.24, 2.45) is 5.92 Å². The SMILES string of the molecule is C.COC(=O)CC1CCN(Cc2cccnc2)CC1. The highest BCUT2D eigenvalue weighted by atomic mass is 16.5. The van der Waals surface area contributed by atoms with Gasteiger partial charge >= 0.3 is 5.97 Å². The molecular formula is C15H24N2O2. The maximum Gasteiger partial charge on any atom is 0.305 e. The average Bonchev–Trinajstić information content (AvgIpc) is 2.42. The zero-order valence-corrected chi connectivity index (χ0v) is 10.8. The lowest BCUT2D eigenvalue weighted by Gasteiger charge is -2.31. The van der Waals surface area contributed by atoms with Crippen LogP contribution in [0.3, 0.4) is 0 Å². The van der Waals surface area contributed by atoms with Crippen molar-refractivity contribution in [3.63, 3.8) is 0 Å². The fraction of sp³-hybridized carbons (Fsp3) is 0.600. The summed E-state index contributed by atoms with van der Waals surface area (Å²) in [5.74, 6) is 0.406. The number of carbonyl (C=O) groups is 1. The van der Waals surface area contributed by atoms with E-state index in [0.717, 1.165) is 32.5 Å². The molecule has 0 bridgehead atoms. The van der Waals surface area contributed by atoms with E-state index in [-0.39, 0.29) is 13.4 Å². The third-order valence-corrected chi connectivity index (χ3v) is 3.52. The van der Waals surface area contributed by atoms with Crippen LogP contribution in [0.5, 0.6) is 0 Å². The van der Waals surface area contributed by atoms with Crippen molar-refractivity contribution in [3.8, 4) is 0 Å². The fourth-order valence-corrected chi connectivity index (χ4v) is 2.42. The maximum atomic E-state index is 11.2. The van der Waals surface area contributed by atoms with E-state index in [9.17, 15) is 4.79 Å². The molecule has 106 valence electrons. The summed E-state index contributed by atoms with van der Waals surface area (Å²) in [6.45, 7) is 3.06. The second kappa shape index (κ2) is 7.89. The van der Waals surface area contributed by atoms with E-state index < -0.39 is 0 Å². The molecule has 19 heavy (non-hydrogen) atoms. The summed E-state index contributed by atoms with van der Waals surface area (Å²) in [4.78, 5) is 17.8. The summed E-state index contributed by atoms with van der Waals surface area (Å²) in [6.07, 6.45) is 6.44. The van der Waals surface area contributed by atoms with Gasteiger partial charge in [-0.05, 0) is 43.5 Å². The molecule has 0 N–H and O–H groups in total. The summed E-state index contributed by atoms with van der Waals surface area (Å²) < 4.78 is 4.71. The van der Waals surface area contributed by atoms with E-state index in [1.165, 1.54) is 12.7 Å². The Morgan fingerprint density at radius 3 is 2.79 bits per heavy atom. The number of methoxy groups -OCH3 is 1. The second-order valence-corrected chi connectivity index (χ2v) is 4.86. The molecule has 1 aliphatic heterocycles. The molecule has 0 saturated carbocycles. The van der Waals surface area contributed by atoms with Crippen LogP contribution in [0.25, 0.3) is 0 Å². The molecule has 1 saturated heterocycles. The Kier molecular flexibility index (Phi) is 6.50. The summed E-state index contributed by atoms with van der Waals surface area (Å²) in [5, 5.41) is 0. The summed E-state index contributed by atoms with van der Waals surface area (Å²) in [6, 6.07) is 4.08. The van der Waals surface area contributed by atoms with Crippen LogP contribution in [0, 0.1) is 5.92 Å². The zero-order chi connectivity index (χ0) is 12.8. The van der Waals surface area contributed by atoms with Crippen LogP contribution in [0.4, 0.5) is 0 Å². The molecular weight excluding hydrogens is 240 g/mol. The van der Waals surface area contributed by atoms with Crippen LogP contribution >= 0.6 is 0 Å². The largest absolute Gasteiger partial charge is 0.469 e. The molecule has 0 aromatic carbocycles. The number of piperidine rings is 1. The van der Waals surface area contributed by atoms with Crippen molar-refractivity contribution in [2.45, 2.75) is 33.2 Å². The van der Waals surface area contributed by atoms with Gasteiger partial charge in [0, 0.05) is 25.4 Å². The number of likely N-dealkylation sites (tertiary alicyclic amines) is 1. The molecule has 2 rings (SSSR count). The highest BCUT2D eigenvalue weighted by molar-refractivity contribution is 5.69. The predicted molar refractivity (Wildman–Crippen MR) is 75.6 cm³/mol. The quantitative estimate of drug-likeness (QED) is 0.784. The lowest BCUT2D eigenvalue weighted by molar-refractivity contribution is -0.142. The molecule has 0 radical (unpaired) electrons. The Labute approximate surface area is 115 Å².